The number of hydrogen-bond acceptors (Lipinski definition) is 9. The number of esters is 1. The largest absolute Gasteiger partial charge is 0.497 e. The molecule has 4 rings (SSSR count). The number of carbonyl (C=O) groups excluding carboxylic acids is 1. The van der Waals surface area contributed by atoms with E-state index in [1.54, 1.807) is 18.8 Å². The molecule has 148 valence electrons. The van der Waals surface area contributed by atoms with Crippen LogP contribution in [0.15, 0.2) is 42.3 Å². The lowest BCUT2D eigenvalue weighted by atomic mass is 10.2. The molecule has 4 aromatic rings. The van der Waals surface area contributed by atoms with Crippen LogP contribution in [0.4, 0.5) is 5.82 Å². The number of nitrogens with zero attached hydrogens (tertiary/aromatic N) is 5. The Kier molecular flexibility index (Phi) is 5.34. The molecule has 0 fully saturated rings. The Bertz CT molecular complexity index is 1140. The lowest BCUT2D eigenvalue weighted by Crippen LogP contribution is -2.09. The number of nitrogen functional groups attached to an aromatic ring is 1. The van der Waals surface area contributed by atoms with Gasteiger partial charge >= 0.3 is 5.97 Å². The molecule has 29 heavy (non-hydrogen) atoms. The predicted molar refractivity (Wildman–Crippen MR) is 109 cm³/mol. The summed E-state index contributed by atoms with van der Waals surface area (Å²) in [5, 5.41) is 2.45. The highest BCUT2D eigenvalue weighted by Crippen LogP contribution is 2.26. The van der Waals surface area contributed by atoms with Crippen molar-refractivity contribution < 1.29 is 14.3 Å². The van der Waals surface area contributed by atoms with E-state index < -0.39 is 5.97 Å². The average Bonchev–Trinajstić information content (AvgIpc) is 3.40. The Morgan fingerprint density at radius 3 is 2.83 bits per heavy atom. The van der Waals surface area contributed by atoms with Gasteiger partial charge in [-0.1, -0.05) is 0 Å². The van der Waals surface area contributed by atoms with Crippen molar-refractivity contribution >= 4 is 34.3 Å². The first-order valence-corrected chi connectivity index (χ1v) is 9.72. The molecule has 3 heterocycles. The number of carbonyl (C=O) groups is 1. The quantitative estimate of drug-likeness (QED) is 0.365. The van der Waals surface area contributed by atoms with Gasteiger partial charge in [-0.3, -0.25) is 0 Å². The molecule has 3 aromatic heterocycles. The van der Waals surface area contributed by atoms with Crippen molar-refractivity contribution in [2.45, 2.75) is 13.0 Å². The van der Waals surface area contributed by atoms with Gasteiger partial charge in [0.2, 0.25) is 0 Å². The molecule has 2 N–H and O–H groups in total. The van der Waals surface area contributed by atoms with Crippen molar-refractivity contribution in [1.82, 2.24) is 24.5 Å². The molecule has 1 aromatic carbocycles. The number of thiazole rings is 1. The first-order valence-electron chi connectivity index (χ1n) is 8.84. The second-order valence-electron chi connectivity index (χ2n) is 6.12. The fourth-order valence-corrected chi connectivity index (χ4v) is 3.57. The average molecular weight is 410 g/mol. The summed E-state index contributed by atoms with van der Waals surface area (Å²) in [6.07, 6.45) is 3.66. The van der Waals surface area contributed by atoms with Crippen molar-refractivity contribution in [3.05, 3.63) is 48.0 Å². The molecule has 0 radical (unpaired) electrons. The van der Waals surface area contributed by atoms with Crippen molar-refractivity contribution in [1.29, 1.82) is 0 Å². The number of hydrogen-bond donors (Lipinski definition) is 1. The second-order valence-corrected chi connectivity index (χ2v) is 6.98. The molecule has 0 saturated heterocycles. The Morgan fingerprint density at radius 2 is 2.03 bits per heavy atom. The van der Waals surface area contributed by atoms with Gasteiger partial charge in [0.25, 0.3) is 0 Å². The number of anilines is 1. The molecule has 0 amide bonds. The SMILES string of the molecule is COc1ccc(-c2nc(C(=O)OCCCn3cnc4c(N)ncnc43)cs2)cc1. The van der Waals surface area contributed by atoms with Crippen LogP contribution in [0.5, 0.6) is 5.75 Å². The zero-order valence-electron chi connectivity index (χ0n) is 15.6. The number of ether oxygens (including phenoxy) is 2. The van der Waals surface area contributed by atoms with Crippen LogP contribution in [-0.2, 0) is 11.3 Å². The van der Waals surface area contributed by atoms with Gasteiger partial charge in [-0.25, -0.2) is 24.7 Å². The summed E-state index contributed by atoms with van der Waals surface area (Å²) in [4.78, 5) is 28.9. The van der Waals surface area contributed by atoms with E-state index in [0.29, 0.717) is 35.6 Å². The number of nitrogens with two attached hydrogens (primary N) is 1. The minimum Gasteiger partial charge on any atom is -0.497 e. The molecule has 0 atom stereocenters. The van der Waals surface area contributed by atoms with Crippen molar-refractivity contribution in [3.63, 3.8) is 0 Å². The zero-order valence-corrected chi connectivity index (χ0v) is 16.4. The van der Waals surface area contributed by atoms with E-state index in [9.17, 15) is 4.79 Å². The van der Waals surface area contributed by atoms with Crippen LogP contribution in [0.1, 0.15) is 16.9 Å². The van der Waals surface area contributed by atoms with Crippen LogP contribution in [0.25, 0.3) is 21.7 Å². The van der Waals surface area contributed by atoms with Crippen molar-refractivity contribution in [2.75, 3.05) is 19.5 Å². The summed E-state index contributed by atoms with van der Waals surface area (Å²) in [6.45, 7) is 0.850. The number of aryl methyl sites for hydroxylation is 1. The maximum Gasteiger partial charge on any atom is 0.357 e. The molecule has 0 spiro atoms. The van der Waals surface area contributed by atoms with Gasteiger partial charge in [-0.05, 0) is 30.7 Å². The molecule has 0 aliphatic carbocycles. The van der Waals surface area contributed by atoms with E-state index in [0.717, 1.165) is 16.3 Å². The van der Waals surface area contributed by atoms with Gasteiger partial charge in [-0.15, -0.1) is 11.3 Å². The van der Waals surface area contributed by atoms with Gasteiger partial charge < -0.3 is 19.8 Å². The zero-order chi connectivity index (χ0) is 20.2. The van der Waals surface area contributed by atoms with Gasteiger partial charge in [-0.2, -0.15) is 0 Å². The fourth-order valence-electron chi connectivity index (χ4n) is 2.77. The van der Waals surface area contributed by atoms with Gasteiger partial charge in [0.15, 0.2) is 17.2 Å². The number of aromatic nitrogens is 5. The molecule has 0 aliphatic heterocycles. The van der Waals surface area contributed by atoms with E-state index in [1.807, 2.05) is 28.8 Å². The Morgan fingerprint density at radius 1 is 1.21 bits per heavy atom. The normalized spacial score (nSPS) is 10.9. The maximum atomic E-state index is 12.3. The molecule has 0 aliphatic rings. The minimum atomic E-state index is -0.442. The molecule has 0 bridgehead atoms. The lowest BCUT2D eigenvalue weighted by molar-refractivity contribution is 0.0490. The third kappa shape index (κ3) is 4.02. The third-order valence-electron chi connectivity index (χ3n) is 4.26. The second kappa shape index (κ2) is 8.23. The van der Waals surface area contributed by atoms with Crippen molar-refractivity contribution in [3.8, 4) is 16.3 Å². The van der Waals surface area contributed by atoms with E-state index in [-0.39, 0.29) is 6.61 Å². The van der Waals surface area contributed by atoms with Crippen molar-refractivity contribution in [2.24, 2.45) is 0 Å². The monoisotopic (exact) mass is 410 g/mol. The first kappa shape index (κ1) is 18.8. The standard InChI is InChI=1S/C19H18N6O3S/c1-27-13-5-3-12(4-6-13)18-24-14(9-29-18)19(26)28-8-2-7-25-11-23-15-16(20)21-10-22-17(15)25/h3-6,9-11H,2,7-8H2,1H3,(H2,20,21,22). The lowest BCUT2D eigenvalue weighted by Gasteiger charge is -2.05. The first-order chi connectivity index (χ1) is 14.2. The van der Waals surface area contributed by atoms with Crippen LogP contribution in [0, 0.1) is 0 Å². The van der Waals surface area contributed by atoms with E-state index in [2.05, 4.69) is 19.9 Å². The number of fused-ring (bicyclic) bond motifs is 1. The summed E-state index contributed by atoms with van der Waals surface area (Å²) in [6, 6.07) is 7.51. The highest BCUT2D eigenvalue weighted by Gasteiger charge is 2.14. The number of rotatable bonds is 7. The summed E-state index contributed by atoms with van der Waals surface area (Å²) in [5.74, 6) is 0.671. The van der Waals surface area contributed by atoms with Gasteiger partial charge in [0.05, 0.1) is 20.0 Å². The fraction of sp³-hybridized carbons (Fsp3) is 0.211. The van der Waals surface area contributed by atoms with Crippen LogP contribution < -0.4 is 10.5 Å². The van der Waals surface area contributed by atoms with Gasteiger partial charge in [0.1, 0.15) is 22.6 Å². The van der Waals surface area contributed by atoms with Gasteiger partial charge in [0, 0.05) is 17.5 Å². The van der Waals surface area contributed by atoms with E-state index in [4.69, 9.17) is 15.2 Å². The van der Waals surface area contributed by atoms with E-state index in [1.165, 1.54) is 17.7 Å². The molecule has 10 heteroatoms. The topological polar surface area (TPSA) is 118 Å². The minimum absolute atomic E-state index is 0.258. The molecule has 9 nitrogen and oxygen atoms in total. The van der Waals surface area contributed by atoms with Crippen LogP contribution >= 0.6 is 11.3 Å². The molecule has 0 saturated carbocycles. The maximum absolute atomic E-state index is 12.3. The molecule has 0 unspecified atom stereocenters. The summed E-state index contributed by atoms with van der Waals surface area (Å²) in [7, 11) is 1.62. The van der Waals surface area contributed by atoms with Crippen LogP contribution in [0.2, 0.25) is 0 Å². The number of imidazole rings is 1. The number of benzene rings is 1. The highest BCUT2D eigenvalue weighted by molar-refractivity contribution is 7.13. The smallest absolute Gasteiger partial charge is 0.357 e. The van der Waals surface area contributed by atoms with Crippen LogP contribution in [0.3, 0.4) is 0 Å². The Balaban J connectivity index is 1.32. The summed E-state index contributed by atoms with van der Waals surface area (Å²) in [5.41, 5.74) is 8.23. The number of methoxy groups -OCH3 is 1. The Hall–Kier alpha value is -3.53. The third-order valence-corrected chi connectivity index (χ3v) is 5.15. The molecular weight excluding hydrogens is 392 g/mol. The van der Waals surface area contributed by atoms with E-state index >= 15 is 0 Å². The highest BCUT2D eigenvalue weighted by atomic mass is 32.1. The van der Waals surface area contributed by atoms with Crippen LogP contribution in [-0.4, -0.2) is 44.2 Å². The Labute approximate surface area is 170 Å². The summed E-state index contributed by atoms with van der Waals surface area (Å²) >= 11 is 1.39. The predicted octanol–water partition coefficient (Wildman–Crippen LogP) is 2.79. The molecular formula is C19H18N6O3S. The summed E-state index contributed by atoms with van der Waals surface area (Å²) < 4.78 is 12.3.